The second kappa shape index (κ2) is 4.16. The van der Waals surface area contributed by atoms with Crippen LogP contribution >= 0.6 is 24.0 Å². The van der Waals surface area contributed by atoms with Crippen LogP contribution in [-0.2, 0) is 16.1 Å². The molecule has 1 aromatic carbocycles. The van der Waals surface area contributed by atoms with Gasteiger partial charge in [-0.1, -0.05) is 17.7 Å². The maximum Gasteiger partial charge on any atom is 0.326 e. The fourth-order valence-electron chi connectivity index (χ4n) is 2.62. The molecule has 1 fully saturated rings. The van der Waals surface area contributed by atoms with Gasteiger partial charge < -0.3 is 4.74 Å². The lowest BCUT2D eigenvalue weighted by Crippen LogP contribution is -2.43. The molecule has 2 atom stereocenters. The van der Waals surface area contributed by atoms with Gasteiger partial charge >= 0.3 is 5.97 Å². The van der Waals surface area contributed by atoms with Crippen molar-refractivity contribution < 1.29 is 9.53 Å². The highest BCUT2D eigenvalue weighted by Crippen LogP contribution is 2.55. The number of methoxy groups -OCH3 is 1. The molecule has 5 heteroatoms. The van der Waals surface area contributed by atoms with E-state index in [0.717, 1.165) is 11.4 Å². The monoisotopic (exact) mass is 273 g/mol. The number of esters is 1. The van der Waals surface area contributed by atoms with E-state index in [0.29, 0.717) is 6.54 Å². The molecule has 1 aliphatic carbocycles. The van der Waals surface area contributed by atoms with Crippen LogP contribution in [0.15, 0.2) is 18.2 Å². The van der Waals surface area contributed by atoms with Gasteiger partial charge in [-0.05, 0) is 29.7 Å². The second-order valence-corrected chi connectivity index (χ2v) is 4.85. The van der Waals surface area contributed by atoms with Crippen LogP contribution in [0.5, 0.6) is 0 Å². The summed E-state index contributed by atoms with van der Waals surface area (Å²) in [7, 11) is 1.43. The van der Waals surface area contributed by atoms with Crippen molar-refractivity contribution in [2.45, 2.75) is 24.4 Å². The van der Waals surface area contributed by atoms with Gasteiger partial charge in [0.2, 0.25) is 0 Å². The Kier molecular flexibility index (Phi) is 3.10. The summed E-state index contributed by atoms with van der Waals surface area (Å²) in [6.45, 7) is 0.706. The molecule has 1 aliphatic heterocycles. The standard InChI is InChI=1S/C12H12ClNO2.ClH/c1-16-11(15)12-5-10(12)9-4-8(13)3-2-7(9)6-14-12;/h2-4,10,14H,5-6H2,1H3;1H. The first kappa shape index (κ1) is 12.7. The van der Waals surface area contributed by atoms with Gasteiger partial charge in [0.25, 0.3) is 0 Å². The summed E-state index contributed by atoms with van der Waals surface area (Å²) >= 11 is 5.98. The first-order valence-corrected chi connectivity index (χ1v) is 5.67. The van der Waals surface area contributed by atoms with Crippen LogP contribution < -0.4 is 5.32 Å². The van der Waals surface area contributed by atoms with E-state index in [1.165, 1.54) is 18.2 Å². The number of fused-ring (bicyclic) bond motifs is 3. The smallest absolute Gasteiger partial charge is 0.326 e. The maximum atomic E-state index is 11.7. The Bertz CT molecular complexity index is 478. The van der Waals surface area contributed by atoms with Crippen LogP contribution in [-0.4, -0.2) is 18.6 Å². The van der Waals surface area contributed by atoms with Crippen molar-refractivity contribution in [1.82, 2.24) is 5.32 Å². The van der Waals surface area contributed by atoms with Crippen LogP contribution in [0.3, 0.4) is 0 Å². The molecule has 17 heavy (non-hydrogen) atoms. The molecule has 2 aliphatic rings. The molecular formula is C12H13Cl2NO2. The van der Waals surface area contributed by atoms with Gasteiger partial charge in [-0.2, -0.15) is 0 Å². The Labute approximate surface area is 111 Å². The van der Waals surface area contributed by atoms with E-state index in [1.807, 2.05) is 18.2 Å². The van der Waals surface area contributed by atoms with Gasteiger partial charge in [-0.25, -0.2) is 0 Å². The third-order valence-electron chi connectivity index (χ3n) is 3.59. The number of halogens is 2. The summed E-state index contributed by atoms with van der Waals surface area (Å²) in [5, 5.41) is 4.01. The number of carbonyl (C=O) groups excluding carboxylic acids is 1. The van der Waals surface area contributed by atoms with E-state index >= 15 is 0 Å². The van der Waals surface area contributed by atoms with Crippen LogP contribution in [0.25, 0.3) is 0 Å². The number of hydrogen-bond donors (Lipinski definition) is 1. The predicted octanol–water partition coefficient (Wildman–Crippen LogP) is 2.26. The molecular weight excluding hydrogens is 261 g/mol. The van der Waals surface area contributed by atoms with Gasteiger partial charge in [0.05, 0.1) is 7.11 Å². The van der Waals surface area contributed by atoms with E-state index in [1.54, 1.807) is 0 Å². The molecule has 1 N–H and O–H groups in total. The van der Waals surface area contributed by atoms with Crippen molar-refractivity contribution in [1.29, 1.82) is 0 Å². The zero-order valence-corrected chi connectivity index (χ0v) is 10.9. The Morgan fingerprint density at radius 1 is 1.59 bits per heavy atom. The number of carbonyl (C=O) groups is 1. The van der Waals surface area contributed by atoms with Crippen molar-refractivity contribution >= 4 is 30.0 Å². The van der Waals surface area contributed by atoms with Crippen LogP contribution in [0.1, 0.15) is 23.5 Å². The van der Waals surface area contributed by atoms with Crippen LogP contribution in [0.4, 0.5) is 0 Å². The molecule has 3 rings (SSSR count). The normalized spacial score (nSPS) is 28.5. The molecule has 0 aromatic heterocycles. The topological polar surface area (TPSA) is 38.3 Å². The fraction of sp³-hybridized carbons (Fsp3) is 0.417. The molecule has 1 aromatic rings. The molecule has 0 radical (unpaired) electrons. The first-order valence-electron chi connectivity index (χ1n) is 5.29. The average Bonchev–Trinajstić information content (AvgIpc) is 3.04. The highest BCUT2D eigenvalue weighted by Gasteiger charge is 2.63. The molecule has 1 saturated carbocycles. The third-order valence-corrected chi connectivity index (χ3v) is 3.82. The summed E-state index contributed by atoms with van der Waals surface area (Å²) in [5.74, 6) is 0.0607. The Morgan fingerprint density at radius 3 is 3.06 bits per heavy atom. The minimum Gasteiger partial charge on any atom is -0.468 e. The van der Waals surface area contributed by atoms with E-state index in [4.69, 9.17) is 16.3 Å². The molecule has 2 unspecified atom stereocenters. The lowest BCUT2D eigenvalue weighted by atomic mass is 9.96. The summed E-state index contributed by atoms with van der Waals surface area (Å²) in [5.41, 5.74) is 1.94. The van der Waals surface area contributed by atoms with E-state index in [2.05, 4.69) is 5.32 Å². The van der Waals surface area contributed by atoms with Gasteiger partial charge in [0.15, 0.2) is 0 Å². The Balaban J connectivity index is 0.00000108. The molecule has 0 saturated heterocycles. The minimum absolute atomic E-state index is 0. The van der Waals surface area contributed by atoms with Crippen LogP contribution in [0.2, 0.25) is 5.02 Å². The van der Waals surface area contributed by atoms with Crippen molar-refractivity contribution in [2.24, 2.45) is 0 Å². The Morgan fingerprint density at radius 2 is 2.35 bits per heavy atom. The largest absolute Gasteiger partial charge is 0.468 e. The molecule has 0 spiro atoms. The zero-order valence-electron chi connectivity index (χ0n) is 9.33. The number of hydrogen-bond acceptors (Lipinski definition) is 3. The molecule has 1 heterocycles. The molecule has 0 bridgehead atoms. The van der Waals surface area contributed by atoms with Gasteiger partial charge in [-0.3, -0.25) is 10.1 Å². The molecule has 92 valence electrons. The Hall–Kier alpha value is -0.770. The highest BCUT2D eigenvalue weighted by atomic mass is 35.5. The number of rotatable bonds is 1. The van der Waals surface area contributed by atoms with E-state index in [-0.39, 0.29) is 24.3 Å². The van der Waals surface area contributed by atoms with Gasteiger partial charge in [0.1, 0.15) is 5.54 Å². The minimum atomic E-state index is -0.480. The summed E-state index contributed by atoms with van der Waals surface area (Å²) in [6, 6.07) is 5.87. The van der Waals surface area contributed by atoms with Crippen molar-refractivity contribution in [2.75, 3.05) is 7.11 Å². The highest BCUT2D eigenvalue weighted by molar-refractivity contribution is 6.30. The quantitative estimate of drug-likeness (QED) is 0.798. The summed E-state index contributed by atoms with van der Waals surface area (Å²) in [6.07, 6.45) is 0.813. The lowest BCUT2D eigenvalue weighted by molar-refractivity contribution is -0.144. The lowest BCUT2D eigenvalue weighted by Gasteiger charge is -2.24. The van der Waals surface area contributed by atoms with E-state index < -0.39 is 5.54 Å². The molecule has 0 amide bonds. The van der Waals surface area contributed by atoms with Crippen LogP contribution in [0, 0.1) is 0 Å². The maximum absolute atomic E-state index is 11.7. The molecule has 3 nitrogen and oxygen atoms in total. The SMILES string of the molecule is COC(=O)C12CC1c1cc(Cl)ccc1CN2.Cl. The fourth-order valence-corrected chi connectivity index (χ4v) is 2.80. The average molecular weight is 274 g/mol. The zero-order chi connectivity index (χ0) is 11.3. The number of ether oxygens (including phenoxy) is 1. The number of benzene rings is 1. The second-order valence-electron chi connectivity index (χ2n) is 4.42. The third kappa shape index (κ3) is 1.73. The summed E-state index contributed by atoms with van der Waals surface area (Å²) in [4.78, 5) is 11.7. The van der Waals surface area contributed by atoms with Crippen molar-refractivity contribution in [3.05, 3.63) is 34.3 Å². The van der Waals surface area contributed by atoms with Gasteiger partial charge in [0, 0.05) is 17.5 Å². The van der Waals surface area contributed by atoms with E-state index in [9.17, 15) is 4.79 Å². The number of nitrogens with one attached hydrogen (secondary N) is 1. The van der Waals surface area contributed by atoms with Crippen molar-refractivity contribution in [3.63, 3.8) is 0 Å². The predicted molar refractivity (Wildman–Crippen MR) is 67.6 cm³/mol. The first-order chi connectivity index (χ1) is 7.67. The van der Waals surface area contributed by atoms with Gasteiger partial charge in [-0.15, -0.1) is 12.4 Å². The van der Waals surface area contributed by atoms with Crippen molar-refractivity contribution in [3.8, 4) is 0 Å². The summed E-state index contributed by atoms with van der Waals surface area (Å²) < 4.78 is 4.85.